The fourth-order valence-corrected chi connectivity index (χ4v) is 4.90. The maximum Gasteiger partial charge on any atom is 0.0660 e. The molecule has 2 aromatic rings. The minimum absolute atomic E-state index is 0.405. The lowest BCUT2D eigenvalue weighted by Gasteiger charge is -2.25. The molecule has 1 aliphatic carbocycles. The molecule has 1 unspecified atom stereocenters. The zero-order chi connectivity index (χ0) is 13.4. The van der Waals surface area contributed by atoms with Crippen LogP contribution in [-0.2, 0) is 6.42 Å². The van der Waals surface area contributed by atoms with Crippen molar-refractivity contribution in [2.24, 2.45) is 0 Å². The van der Waals surface area contributed by atoms with E-state index < -0.39 is 0 Å². The van der Waals surface area contributed by atoms with Crippen LogP contribution in [0, 0.1) is 9.81 Å². The molecule has 19 heavy (non-hydrogen) atoms. The predicted octanol–water partition coefficient (Wildman–Crippen LogP) is 5.80. The van der Waals surface area contributed by atoms with Gasteiger partial charge in [0.1, 0.15) is 0 Å². The van der Waals surface area contributed by atoms with Crippen molar-refractivity contribution in [1.82, 2.24) is 0 Å². The summed E-state index contributed by atoms with van der Waals surface area (Å²) in [7, 11) is 0. The average Bonchev–Trinajstić information content (AvgIpc) is 2.75. The van der Waals surface area contributed by atoms with E-state index in [1.165, 1.54) is 38.2 Å². The van der Waals surface area contributed by atoms with Crippen LogP contribution in [0.4, 0.5) is 5.69 Å². The number of hydrogen-bond acceptors (Lipinski definition) is 2. The molecule has 0 fully saturated rings. The van der Waals surface area contributed by atoms with E-state index in [0.29, 0.717) is 6.04 Å². The van der Waals surface area contributed by atoms with Gasteiger partial charge < -0.3 is 5.32 Å². The molecule has 0 saturated heterocycles. The summed E-state index contributed by atoms with van der Waals surface area (Å²) in [4.78, 5) is 1.54. The van der Waals surface area contributed by atoms with Crippen LogP contribution in [0.5, 0.6) is 0 Å². The highest BCUT2D eigenvalue weighted by atomic mass is 127. The van der Waals surface area contributed by atoms with Crippen molar-refractivity contribution >= 4 is 51.2 Å². The molecule has 1 aromatic heterocycles. The van der Waals surface area contributed by atoms with Crippen molar-refractivity contribution in [3.05, 3.63) is 48.2 Å². The molecule has 1 aromatic carbocycles. The van der Waals surface area contributed by atoms with E-state index in [4.69, 9.17) is 11.6 Å². The van der Waals surface area contributed by atoms with Crippen LogP contribution >= 0.6 is 45.5 Å². The van der Waals surface area contributed by atoms with E-state index in [1.807, 2.05) is 23.5 Å². The monoisotopic (exact) mass is 403 g/mol. The zero-order valence-electron chi connectivity index (χ0n) is 10.7. The second-order valence-corrected chi connectivity index (χ2v) is 8.44. The highest BCUT2D eigenvalue weighted by Crippen LogP contribution is 2.39. The fourth-order valence-electron chi connectivity index (χ4n) is 2.61. The number of benzene rings is 1. The van der Waals surface area contributed by atoms with Crippen LogP contribution < -0.4 is 5.32 Å². The van der Waals surface area contributed by atoms with E-state index >= 15 is 0 Å². The first-order chi connectivity index (χ1) is 9.13. The van der Waals surface area contributed by atoms with Gasteiger partial charge >= 0.3 is 0 Å². The van der Waals surface area contributed by atoms with Gasteiger partial charge in [0.15, 0.2) is 0 Å². The molecular weight excluding hydrogens is 389 g/mol. The Morgan fingerprint density at radius 2 is 2.21 bits per heavy atom. The third-order valence-electron chi connectivity index (χ3n) is 3.54. The average molecular weight is 404 g/mol. The van der Waals surface area contributed by atoms with E-state index in [0.717, 1.165) is 10.7 Å². The second-order valence-electron chi connectivity index (χ2n) is 5.00. The van der Waals surface area contributed by atoms with Gasteiger partial charge in [0, 0.05) is 4.88 Å². The molecule has 0 bridgehead atoms. The highest BCUT2D eigenvalue weighted by Gasteiger charge is 2.23. The van der Waals surface area contributed by atoms with E-state index in [-0.39, 0.29) is 0 Å². The van der Waals surface area contributed by atoms with E-state index in [2.05, 4.69) is 47.0 Å². The van der Waals surface area contributed by atoms with Crippen LogP contribution in [0.3, 0.4) is 0 Å². The van der Waals surface area contributed by atoms with Gasteiger partial charge in [0.05, 0.1) is 19.6 Å². The Morgan fingerprint density at radius 1 is 1.37 bits per heavy atom. The second kappa shape index (κ2) is 5.62. The minimum atomic E-state index is 0.405. The smallest absolute Gasteiger partial charge is 0.0660 e. The summed E-state index contributed by atoms with van der Waals surface area (Å²) >= 11 is 10.6. The van der Waals surface area contributed by atoms with Gasteiger partial charge in [-0.05, 0) is 78.1 Å². The zero-order valence-corrected chi connectivity index (χ0v) is 14.4. The van der Waals surface area contributed by atoms with Crippen LogP contribution in [-0.4, -0.2) is 0 Å². The molecule has 0 radical (unpaired) electrons. The Kier molecular flexibility index (Phi) is 4.06. The number of hydrogen-bond donors (Lipinski definition) is 1. The third kappa shape index (κ3) is 2.93. The number of nitrogens with one attached hydrogen (secondary N) is 1. The molecule has 1 heterocycles. The molecule has 0 spiro atoms. The lowest BCUT2D eigenvalue weighted by Crippen LogP contribution is -2.15. The topological polar surface area (TPSA) is 12.0 Å². The summed E-state index contributed by atoms with van der Waals surface area (Å²) in [5.41, 5.74) is 3.77. The standard InChI is InChI=1S/C15H15ClINS/c1-9-5-6-11(16)13(7-9)18-12-3-2-4-14-10(12)8-15(17)19-14/h5-8,12,18H,2-4H2,1H3. The van der Waals surface area contributed by atoms with Gasteiger partial charge in [-0.25, -0.2) is 0 Å². The SMILES string of the molecule is Cc1ccc(Cl)c(NC2CCCc3sc(I)cc32)c1. The first kappa shape index (κ1) is 13.7. The van der Waals surface area contributed by atoms with Crippen LogP contribution in [0.2, 0.25) is 5.02 Å². The summed E-state index contributed by atoms with van der Waals surface area (Å²) in [6.45, 7) is 2.10. The fraction of sp³-hybridized carbons (Fsp3) is 0.333. The molecule has 0 aliphatic heterocycles. The summed E-state index contributed by atoms with van der Waals surface area (Å²) in [5.74, 6) is 0. The van der Waals surface area contributed by atoms with Crippen LogP contribution in [0.1, 0.15) is 34.9 Å². The Morgan fingerprint density at radius 3 is 3.05 bits per heavy atom. The van der Waals surface area contributed by atoms with Crippen molar-refractivity contribution in [3.8, 4) is 0 Å². The summed E-state index contributed by atoms with van der Waals surface area (Å²) in [5, 5.41) is 4.44. The maximum absolute atomic E-state index is 6.29. The quantitative estimate of drug-likeness (QED) is 0.624. The Bertz CT molecular complexity index is 608. The van der Waals surface area contributed by atoms with Gasteiger partial charge in [0.2, 0.25) is 0 Å². The number of thiophene rings is 1. The third-order valence-corrected chi connectivity index (χ3v) is 5.84. The summed E-state index contributed by atoms with van der Waals surface area (Å²) in [6.07, 6.45) is 3.66. The van der Waals surface area contributed by atoms with E-state index in [1.54, 1.807) is 0 Å². The Labute approximate surface area is 136 Å². The molecule has 4 heteroatoms. The molecule has 3 rings (SSSR count). The number of fused-ring (bicyclic) bond motifs is 1. The van der Waals surface area contributed by atoms with Gasteiger partial charge in [-0.3, -0.25) is 0 Å². The molecule has 1 atom stereocenters. The van der Waals surface area contributed by atoms with Crippen molar-refractivity contribution in [2.75, 3.05) is 5.32 Å². The van der Waals surface area contributed by atoms with Gasteiger partial charge in [-0.15, -0.1) is 11.3 Å². The molecule has 1 N–H and O–H groups in total. The van der Waals surface area contributed by atoms with Gasteiger partial charge in [-0.2, -0.15) is 0 Å². The maximum atomic E-state index is 6.29. The summed E-state index contributed by atoms with van der Waals surface area (Å²) < 4.78 is 1.38. The molecular formula is C15H15ClINS. The first-order valence-electron chi connectivity index (χ1n) is 6.44. The lowest BCUT2D eigenvalue weighted by molar-refractivity contribution is 0.609. The molecule has 1 nitrogen and oxygen atoms in total. The molecule has 1 aliphatic rings. The predicted molar refractivity (Wildman–Crippen MR) is 92.5 cm³/mol. The van der Waals surface area contributed by atoms with Crippen molar-refractivity contribution in [3.63, 3.8) is 0 Å². The van der Waals surface area contributed by atoms with Crippen molar-refractivity contribution in [2.45, 2.75) is 32.2 Å². The molecule has 0 saturated carbocycles. The Hall–Kier alpha value is -0.260. The number of anilines is 1. The Balaban J connectivity index is 1.90. The number of halogens is 2. The molecule has 0 amide bonds. The summed E-state index contributed by atoms with van der Waals surface area (Å²) in [6, 6.07) is 8.88. The lowest BCUT2D eigenvalue weighted by atomic mass is 9.94. The van der Waals surface area contributed by atoms with Crippen LogP contribution in [0.15, 0.2) is 24.3 Å². The minimum Gasteiger partial charge on any atom is -0.377 e. The van der Waals surface area contributed by atoms with Crippen molar-refractivity contribution in [1.29, 1.82) is 0 Å². The van der Waals surface area contributed by atoms with Crippen molar-refractivity contribution < 1.29 is 0 Å². The molecule has 100 valence electrons. The normalized spacial score (nSPS) is 18.2. The van der Waals surface area contributed by atoms with Crippen LogP contribution in [0.25, 0.3) is 0 Å². The first-order valence-corrected chi connectivity index (χ1v) is 8.71. The number of rotatable bonds is 2. The highest BCUT2D eigenvalue weighted by molar-refractivity contribution is 14.1. The van der Waals surface area contributed by atoms with Gasteiger partial charge in [-0.1, -0.05) is 17.7 Å². The number of aryl methyl sites for hydroxylation is 2. The van der Waals surface area contributed by atoms with Gasteiger partial charge in [0.25, 0.3) is 0 Å². The largest absolute Gasteiger partial charge is 0.377 e. The van der Waals surface area contributed by atoms with E-state index in [9.17, 15) is 0 Å².